The summed E-state index contributed by atoms with van der Waals surface area (Å²) in [5, 5.41) is 7.69. The van der Waals surface area contributed by atoms with E-state index in [2.05, 4.69) is 72.5 Å². The number of hydrogen-bond donors (Lipinski definition) is 2. The summed E-state index contributed by atoms with van der Waals surface area (Å²) in [6.07, 6.45) is 4.93. The molecular weight excluding hydrogens is 414 g/mol. The fourth-order valence-electron chi connectivity index (χ4n) is 4.43. The van der Waals surface area contributed by atoms with Crippen LogP contribution in [0.5, 0.6) is 11.8 Å². The highest BCUT2D eigenvalue weighted by atomic mass is 16.5. The van der Waals surface area contributed by atoms with Crippen LogP contribution in [-0.4, -0.2) is 31.6 Å². The lowest BCUT2D eigenvalue weighted by atomic mass is 9.95. The van der Waals surface area contributed by atoms with Crippen molar-refractivity contribution in [2.75, 3.05) is 17.7 Å². The molecule has 2 N–H and O–H groups in total. The third-order valence-corrected chi connectivity index (χ3v) is 5.96. The smallest absolute Gasteiger partial charge is 0.321 e. The largest absolute Gasteiger partial charge is 0.424 e. The minimum atomic E-state index is 0.320. The molecule has 0 saturated carbocycles. The maximum absolute atomic E-state index is 5.89. The Bertz CT molecular complexity index is 1480. The van der Waals surface area contributed by atoms with Crippen LogP contribution in [-0.2, 0) is 13.6 Å². The highest BCUT2D eigenvalue weighted by molar-refractivity contribution is 6.09. The maximum atomic E-state index is 5.89. The quantitative estimate of drug-likeness (QED) is 0.417. The van der Waals surface area contributed by atoms with Gasteiger partial charge in [0.05, 0.1) is 11.1 Å². The van der Waals surface area contributed by atoms with Gasteiger partial charge in [-0.1, -0.05) is 18.2 Å². The summed E-state index contributed by atoms with van der Waals surface area (Å²) in [6, 6.07) is 16.6. The number of fused-ring (bicyclic) bond motifs is 2. The SMILES string of the molecule is CNc1ccc(-c2c3c4c(ncnc4n2C)NCc2cc(Oc4ncccn4)ccc2-3)cc1. The van der Waals surface area contributed by atoms with Gasteiger partial charge in [-0.15, -0.1) is 0 Å². The van der Waals surface area contributed by atoms with Crippen molar-refractivity contribution in [2.24, 2.45) is 7.05 Å². The number of hydrogen-bond acceptors (Lipinski definition) is 7. The molecule has 4 heterocycles. The Hall–Kier alpha value is -4.46. The zero-order valence-corrected chi connectivity index (χ0v) is 18.2. The molecular formula is C25H21N7O. The van der Waals surface area contributed by atoms with Crippen molar-refractivity contribution < 1.29 is 4.74 Å². The number of aromatic nitrogens is 5. The van der Waals surface area contributed by atoms with Gasteiger partial charge in [-0.25, -0.2) is 19.9 Å². The number of nitrogens with one attached hydrogen (secondary N) is 2. The van der Waals surface area contributed by atoms with Crippen molar-refractivity contribution in [2.45, 2.75) is 6.54 Å². The van der Waals surface area contributed by atoms with Crippen LogP contribution in [0.25, 0.3) is 33.4 Å². The molecule has 8 heteroatoms. The second-order valence-electron chi connectivity index (χ2n) is 7.84. The molecule has 0 fully saturated rings. The van der Waals surface area contributed by atoms with Crippen LogP contribution in [0.3, 0.4) is 0 Å². The van der Waals surface area contributed by atoms with Gasteiger partial charge >= 0.3 is 6.01 Å². The number of ether oxygens (including phenoxy) is 1. The van der Waals surface area contributed by atoms with Crippen LogP contribution in [0.1, 0.15) is 5.56 Å². The van der Waals surface area contributed by atoms with Gasteiger partial charge in [0, 0.05) is 44.3 Å². The molecule has 0 amide bonds. The van der Waals surface area contributed by atoms with Crippen LogP contribution in [0.4, 0.5) is 11.5 Å². The highest BCUT2D eigenvalue weighted by Crippen LogP contribution is 2.45. The first-order valence-electron chi connectivity index (χ1n) is 10.7. The first-order chi connectivity index (χ1) is 16.2. The topological polar surface area (TPSA) is 89.8 Å². The molecule has 1 aliphatic rings. The molecule has 3 aromatic heterocycles. The molecule has 6 rings (SSSR count). The van der Waals surface area contributed by atoms with Crippen LogP contribution in [0.15, 0.2) is 67.3 Å². The van der Waals surface area contributed by atoms with E-state index in [9.17, 15) is 0 Å². The van der Waals surface area contributed by atoms with Crippen LogP contribution >= 0.6 is 0 Å². The van der Waals surface area contributed by atoms with E-state index in [1.807, 2.05) is 19.2 Å². The van der Waals surface area contributed by atoms with Crippen molar-refractivity contribution in [3.05, 3.63) is 72.8 Å². The fourth-order valence-corrected chi connectivity index (χ4v) is 4.43. The molecule has 1 aliphatic heterocycles. The minimum Gasteiger partial charge on any atom is -0.424 e. The zero-order chi connectivity index (χ0) is 22.4. The van der Waals surface area contributed by atoms with Crippen molar-refractivity contribution in [1.29, 1.82) is 0 Å². The van der Waals surface area contributed by atoms with Crippen molar-refractivity contribution in [3.8, 4) is 34.1 Å². The van der Waals surface area contributed by atoms with E-state index in [-0.39, 0.29) is 0 Å². The minimum absolute atomic E-state index is 0.320. The molecule has 162 valence electrons. The Morgan fingerprint density at radius 3 is 2.61 bits per heavy atom. The molecule has 5 aromatic rings. The van der Waals surface area contributed by atoms with E-state index < -0.39 is 0 Å². The van der Waals surface area contributed by atoms with Gasteiger partial charge in [0.25, 0.3) is 0 Å². The van der Waals surface area contributed by atoms with Crippen molar-refractivity contribution >= 4 is 22.5 Å². The fraction of sp³-hybridized carbons (Fsp3) is 0.120. The summed E-state index contributed by atoms with van der Waals surface area (Å²) in [5.41, 5.74) is 7.50. The predicted molar refractivity (Wildman–Crippen MR) is 128 cm³/mol. The lowest BCUT2D eigenvalue weighted by molar-refractivity contribution is 0.441. The van der Waals surface area contributed by atoms with Gasteiger partial charge in [0.15, 0.2) is 0 Å². The first kappa shape index (κ1) is 19.2. The van der Waals surface area contributed by atoms with E-state index in [0.29, 0.717) is 18.3 Å². The van der Waals surface area contributed by atoms with E-state index in [1.54, 1.807) is 24.8 Å². The number of nitrogens with zero attached hydrogens (tertiary/aromatic N) is 5. The summed E-state index contributed by atoms with van der Waals surface area (Å²) in [6.45, 7) is 0.616. The molecule has 0 atom stereocenters. The normalized spacial score (nSPS) is 12.1. The molecule has 0 bridgehead atoms. The van der Waals surface area contributed by atoms with Crippen LogP contribution < -0.4 is 15.4 Å². The summed E-state index contributed by atoms with van der Waals surface area (Å²) >= 11 is 0. The van der Waals surface area contributed by atoms with E-state index in [4.69, 9.17) is 4.74 Å². The molecule has 33 heavy (non-hydrogen) atoms. The monoisotopic (exact) mass is 435 g/mol. The summed E-state index contributed by atoms with van der Waals surface area (Å²) in [7, 11) is 3.97. The molecule has 8 nitrogen and oxygen atoms in total. The lowest BCUT2D eigenvalue weighted by Crippen LogP contribution is -2.03. The van der Waals surface area contributed by atoms with Crippen molar-refractivity contribution in [1.82, 2.24) is 24.5 Å². The standard InChI is InChI=1S/C25H21N7O/c1-26-17-6-4-15(5-7-17)22-20-19-9-8-18(33-25-27-10-3-11-28-25)12-16(19)13-29-23-21(20)24(32(22)2)31-14-30-23/h3-12,14,26H,13H2,1-2H3,(H,29,30,31). The number of rotatable bonds is 4. The molecule has 0 aliphatic carbocycles. The predicted octanol–water partition coefficient (Wildman–Crippen LogP) is 4.85. The third kappa shape index (κ3) is 3.15. The highest BCUT2D eigenvalue weighted by Gasteiger charge is 2.26. The van der Waals surface area contributed by atoms with Gasteiger partial charge < -0.3 is 19.9 Å². The summed E-state index contributed by atoms with van der Waals surface area (Å²) < 4.78 is 8.03. The Balaban J connectivity index is 1.55. The zero-order valence-electron chi connectivity index (χ0n) is 18.2. The van der Waals surface area contributed by atoms with Crippen molar-refractivity contribution in [3.63, 3.8) is 0 Å². The summed E-state index contributed by atoms with van der Waals surface area (Å²) in [5.74, 6) is 1.51. The number of aryl methyl sites for hydroxylation is 1. The third-order valence-electron chi connectivity index (χ3n) is 5.96. The number of anilines is 2. The maximum Gasteiger partial charge on any atom is 0.321 e. The van der Waals surface area contributed by atoms with Gasteiger partial charge in [0.2, 0.25) is 0 Å². The average Bonchev–Trinajstić information content (AvgIpc) is 3.06. The molecule has 0 unspecified atom stereocenters. The Morgan fingerprint density at radius 1 is 1.00 bits per heavy atom. The second kappa shape index (κ2) is 7.59. The van der Waals surface area contributed by atoms with Gasteiger partial charge in [0.1, 0.15) is 23.5 Å². The Labute approximate surface area is 190 Å². The second-order valence-corrected chi connectivity index (χ2v) is 7.84. The first-order valence-corrected chi connectivity index (χ1v) is 10.7. The van der Waals surface area contributed by atoms with Crippen LogP contribution in [0.2, 0.25) is 0 Å². The van der Waals surface area contributed by atoms with E-state index >= 15 is 0 Å². The Kier molecular flexibility index (Phi) is 4.43. The molecule has 2 aromatic carbocycles. The van der Waals surface area contributed by atoms with Gasteiger partial charge in [-0.05, 0) is 47.0 Å². The summed E-state index contributed by atoms with van der Waals surface area (Å²) in [4.78, 5) is 17.5. The van der Waals surface area contributed by atoms with Gasteiger partial charge in [-0.3, -0.25) is 0 Å². The average molecular weight is 435 g/mol. The lowest BCUT2D eigenvalue weighted by Gasteiger charge is -2.13. The van der Waals surface area contributed by atoms with E-state index in [1.165, 1.54) is 0 Å². The molecule has 0 saturated heterocycles. The molecule has 0 spiro atoms. The Morgan fingerprint density at radius 2 is 1.82 bits per heavy atom. The van der Waals surface area contributed by atoms with E-state index in [0.717, 1.165) is 50.5 Å². The number of benzene rings is 2. The van der Waals surface area contributed by atoms with Gasteiger partial charge in [-0.2, -0.15) is 0 Å². The molecule has 0 radical (unpaired) electrons. The van der Waals surface area contributed by atoms with Crippen LogP contribution in [0, 0.1) is 0 Å².